The van der Waals surface area contributed by atoms with Crippen molar-refractivity contribution in [3.8, 4) is 11.5 Å². The van der Waals surface area contributed by atoms with Gasteiger partial charge < -0.3 is 20.9 Å². The Kier molecular flexibility index (Phi) is 5.30. The summed E-state index contributed by atoms with van der Waals surface area (Å²) in [6.45, 7) is 2.97. The summed E-state index contributed by atoms with van der Waals surface area (Å²) < 4.78 is 5.38. The molecule has 3 unspecified atom stereocenters. The van der Waals surface area contributed by atoms with Crippen molar-refractivity contribution in [1.82, 2.24) is 5.32 Å². The molecule has 0 bridgehead atoms. The summed E-state index contributed by atoms with van der Waals surface area (Å²) >= 11 is 0. The molecular weight excluding hydrogens is 352 g/mol. The Morgan fingerprint density at radius 3 is 2.89 bits per heavy atom. The number of aryl methyl sites for hydroxylation is 1. The van der Waals surface area contributed by atoms with E-state index in [1.165, 1.54) is 24.0 Å². The lowest BCUT2D eigenvalue weighted by Crippen LogP contribution is -2.50. The molecule has 5 heteroatoms. The Hall–Kier alpha value is -1.75. The molecule has 0 aliphatic heterocycles. The van der Waals surface area contributed by atoms with Gasteiger partial charge in [-0.2, -0.15) is 0 Å². The summed E-state index contributed by atoms with van der Waals surface area (Å²) in [5, 5.41) is 13.5. The summed E-state index contributed by atoms with van der Waals surface area (Å²) in [5.41, 5.74) is 8.41. The van der Waals surface area contributed by atoms with Gasteiger partial charge in [-0.05, 0) is 97.9 Å². The van der Waals surface area contributed by atoms with Crippen LogP contribution in [0.5, 0.6) is 11.5 Å². The number of ether oxygens (including phenoxy) is 1. The zero-order valence-electron chi connectivity index (χ0n) is 17.2. The van der Waals surface area contributed by atoms with Crippen LogP contribution in [-0.2, 0) is 11.2 Å². The molecule has 4 N–H and O–H groups in total. The van der Waals surface area contributed by atoms with Gasteiger partial charge in [-0.25, -0.2) is 0 Å². The van der Waals surface area contributed by atoms with Crippen LogP contribution in [0, 0.1) is 17.3 Å². The topological polar surface area (TPSA) is 84.6 Å². The third-order valence-corrected chi connectivity index (χ3v) is 7.97. The van der Waals surface area contributed by atoms with Gasteiger partial charge in [-0.15, -0.1) is 0 Å². The molecule has 1 amide bonds. The Morgan fingerprint density at radius 1 is 1.32 bits per heavy atom. The molecular formula is C23H34N2O3. The number of carbonyl (C=O) groups is 1. The molecule has 0 aromatic heterocycles. The number of benzene rings is 1. The molecule has 0 spiro atoms. The molecule has 4 rings (SSSR count). The lowest BCUT2D eigenvalue weighted by molar-refractivity contribution is -0.123. The van der Waals surface area contributed by atoms with Crippen molar-refractivity contribution in [2.45, 2.75) is 70.3 Å². The first-order valence-corrected chi connectivity index (χ1v) is 10.9. The third kappa shape index (κ3) is 3.18. The van der Waals surface area contributed by atoms with Gasteiger partial charge in [0.15, 0.2) is 11.5 Å². The smallest absolute Gasteiger partial charge is 0.220 e. The van der Waals surface area contributed by atoms with Crippen molar-refractivity contribution >= 4 is 5.91 Å². The van der Waals surface area contributed by atoms with Crippen LogP contribution in [0.25, 0.3) is 0 Å². The van der Waals surface area contributed by atoms with Crippen LogP contribution in [-0.4, -0.2) is 30.7 Å². The van der Waals surface area contributed by atoms with E-state index in [1.54, 1.807) is 7.11 Å². The third-order valence-electron chi connectivity index (χ3n) is 7.97. The van der Waals surface area contributed by atoms with E-state index in [4.69, 9.17) is 10.5 Å². The number of phenols is 1. The molecule has 3 aliphatic rings. The zero-order valence-corrected chi connectivity index (χ0v) is 17.2. The first kappa shape index (κ1) is 19.6. The summed E-state index contributed by atoms with van der Waals surface area (Å²) in [6, 6.07) is 4.28. The summed E-state index contributed by atoms with van der Waals surface area (Å²) in [6.07, 6.45) is 8.07. The van der Waals surface area contributed by atoms with E-state index >= 15 is 0 Å². The summed E-state index contributed by atoms with van der Waals surface area (Å²) in [4.78, 5) is 12.3. The molecule has 154 valence electrons. The quantitative estimate of drug-likeness (QED) is 0.723. The van der Waals surface area contributed by atoms with E-state index in [-0.39, 0.29) is 17.1 Å². The number of hydrogen-bond acceptors (Lipinski definition) is 4. The molecule has 5 atom stereocenters. The van der Waals surface area contributed by atoms with Crippen molar-refractivity contribution in [1.29, 1.82) is 0 Å². The number of phenolic OH excluding ortho intramolecular Hbond substituents is 1. The average molecular weight is 387 g/mol. The van der Waals surface area contributed by atoms with Gasteiger partial charge in [0, 0.05) is 12.5 Å². The zero-order chi connectivity index (χ0) is 19.9. The second-order valence-corrected chi connectivity index (χ2v) is 9.27. The van der Waals surface area contributed by atoms with Crippen molar-refractivity contribution < 1.29 is 14.6 Å². The Morgan fingerprint density at radius 2 is 2.14 bits per heavy atom. The highest BCUT2D eigenvalue weighted by Gasteiger charge is 2.55. The van der Waals surface area contributed by atoms with Crippen molar-refractivity contribution in [3.05, 3.63) is 23.3 Å². The van der Waals surface area contributed by atoms with Crippen LogP contribution in [0.15, 0.2) is 12.1 Å². The van der Waals surface area contributed by atoms with Crippen LogP contribution in [0.2, 0.25) is 0 Å². The van der Waals surface area contributed by atoms with Crippen molar-refractivity contribution in [2.24, 2.45) is 23.0 Å². The maximum atomic E-state index is 12.3. The second kappa shape index (κ2) is 7.58. The predicted molar refractivity (Wildman–Crippen MR) is 109 cm³/mol. The average Bonchev–Trinajstić information content (AvgIpc) is 3.02. The van der Waals surface area contributed by atoms with Gasteiger partial charge in [0.1, 0.15) is 0 Å². The molecule has 28 heavy (non-hydrogen) atoms. The van der Waals surface area contributed by atoms with Crippen LogP contribution >= 0.6 is 0 Å². The highest BCUT2D eigenvalue weighted by molar-refractivity contribution is 5.76. The van der Waals surface area contributed by atoms with E-state index in [0.29, 0.717) is 42.5 Å². The Balaban J connectivity index is 1.54. The SMILES string of the molecule is COc1cc2c(cc1O)CCC1C2CC[C@@]2(C)C1CC[C@@H]2NC(=O)CCCN. The number of amides is 1. The number of nitrogens with two attached hydrogens (primary N) is 1. The van der Waals surface area contributed by atoms with E-state index in [0.717, 1.165) is 32.1 Å². The lowest BCUT2D eigenvalue weighted by atomic mass is 9.55. The summed E-state index contributed by atoms with van der Waals surface area (Å²) in [7, 11) is 1.62. The fraction of sp³-hybridized carbons (Fsp3) is 0.696. The van der Waals surface area contributed by atoms with Crippen LogP contribution in [0.3, 0.4) is 0 Å². The lowest BCUT2D eigenvalue weighted by Gasteiger charge is -2.51. The minimum atomic E-state index is 0.161. The molecule has 0 saturated heterocycles. The van der Waals surface area contributed by atoms with Crippen LogP contribution < -0.4 is 15.8 Å². The highest BCUT2D eigenvalue weighted by atomic mass is 16.5. The number of methoxy groups -OCH3 is 1. The number of fused-ring (bicyclic) bond motifs is 5. The fourth-order valence-corrected chi connectivity index (χ4v) is 6.52. The van der Waals surface area contributed by atoms with Gasteiger partial charge >= 0.3 is 0 Å². The number of nitrogens with one attached hydrogen (secondary N) is 1. The fourth-order valence-electron chi connectivity index (χ4n) is 6.52. The minimum Gasteiger partial charge on any atom is -0.504 e. The molecule has 5 nitrogen and oxygen atoms in total. The standard InChI is InChI=1S/C23H34N2O3/c1-23-10-9-15-16(6-5-14-12-19(26)20(28-2)13-17(14)15)18(23)7-8-21(23)25-22(27)4-3-11-24/h12-13,15-16,18,21,26H,3-11,24H2,1-2H3,(H,25,27)/t15?,16?,18?,21-,23-/m0/s1. The number of hydrogen-bond donors (Lipinski definition) is 3. The van der Waals surface area contributed by atoms with Crippen molar-refractivity contribution in [2.75, 3.05) is 13.7 Å². The van der Waals surface area contributed by atoms with Gasteiger partial charge in [-0.3, -0.25) is 4.79 Å². The molecule has 1 aromatic carbocycles. The molecule has 0 radical (unpaired) electrons. The molecule has 1 aromatic rings. The van der Waals surface area contributed by atoms with E-state index < -0.39 is 0 Å². The molecule has 0 heterocycles. The maximum Gasteiger partial charge on any atom is 0.220 e. The van der Waals surface area contributed by atoms with Crippen LogP contribution in [0.4, 0.5) is 0 Å². The first-order valence-electron chi connectivity index (χ1n) is 10.9. The number of rotatable bonds is 5. The first-order chi connectivity index (χ1) is 13.5. The normalized spacial score (nSPS) is 33.5. The summed E-state index contributed by atoms with van der Waals surface area (Å²) in [5.74, 6) is 2.85. The monoisotopic (exact) mass is 386 g/mol. The Labute approximate surface area is 168 Å². The maximum absolute atomic E-state index is 12.3. The number of aromatic hydroxyl groups is 1. The van der Waals surface area contributed by atoms with Crippen LogP contribution in [0.1, 0.15) is 68.9 Å². The predicted octanol–water partition coefficient (Wildman–Crippen LogP) is 3.48. The largest absolute Gasteiger partial charge is 0.504 e. The van der Waals surface area contributed by atoms with Crippen molar-refractivity contribution in [3.63, 3.8) is 0 Å². The van der Waals surface area contributed by atoms with Gasteiger partial charge in [0.2, 0.25) is 5.91 Å². The van der Waals surface area contributed by atoms with Gasteiger partial charge in [-0.1, -0.05) is 6.92 Å². The van der Waals surface area contributed by atoms with E-state index in [9.17, 15) is 9.90 Å². The second-order valence-electron chi connectivity index (χ2n) is 9.27. The van der Waals surface area contributed by atoms with Gasteiger partial charge in [0.05, 0.1) is 7.11 Å². The van der Waals surface area contributed by atoms with E-state index in [1.807, 2.05) is 6.07 Å². The Bertz CT molecular complexity index is 750. The van der Waals surface area contributed by atoms with E-state index in [2.05, 4.69) is 18.3 Å². The molecule has 2 saturated carbocycles. The molecule has 3 aliphatic carbocycles. The number of carbonyl (C=O) groups excluding carboxylic acids is 1. The van der Waals surface area contributed by atoms with Gasteiger partial charge in [0.25, 0.3) is 0 Å². The minimum absolute atomic E-state index is 0.161. The molecule has 2 fully saturated rings. The highest BCUT2D eigenvalue weighted by Crippen LogP contribution is 2.61.